The second kappa shape index (κ2) is 9.03. The molecule has 2 aliphatic rings. The van der Waals surface area contributed by atoms with Gasteiger partial charge in [-0.3, -0.25) is 14.5 Å². The van der Waals surface area contributed by atoms with Crippen LogP contribution in [-0.2, 0) is 20.8 Å². The van der Waals surface area contributed by atoms with Crippen molar-refractivity contribution in [1.82, 2.24) is 10.2 Å². The molecule has 0 radical (unpaired) electrons. The van der Waals surface area contributed by atoms with Crippen molar-refractivity contribution in [2.24, 2.45) is 0 Å². The quantitative estimate of drug-likeness (QED) is 0.476. The van der Waals surface area contributed by atoms with Crippen LogP contribution in [0, 0.1) is 0 Å². The van der Waals surface area contributed by atoms with Crippen molar-refractivity contribution < 1.29 is 23.9 Å². The number of carbonyl (C=O) groups excluding carboxylic acids is 2. The summed E-state index contributed by atoms with van der Waals surface area (Å²) in [5.41, 5.74) is 0.898. The molecule has 160 valence electrons. The van der Waals surface area contributed by atoms with Gasteiger partial charge in [0, 0.05) is 22.5 Å². The zero-order valence-corrected chi connectivity index (χ0v) is 17.8. The number of carboxylic acids is 1. The lowest BCUT2D eigenvalue weighted by Gasteiger charge is -2.49. The Balaban J connectivity index is 1.44. The Labute approximate surface area is 185 Å². The Bertz CT molecular complexity index is 1110. The van der Waals surface area contributed by atoms with E-state index in [-0.39, 0.29) is 18.0 Å². The van der Waals surface area contributed by atoms with Crippen LogP contribution in [0.3, 0.4) is 0 Å². The lowest BCUT2D eigenvalue weighted by molar-refractivity contribution is -0.150. The number of hydrogen-bond acceptors (Lipinski definition) is 7. The summed E-state index contributed by atoms with van der Waals surface area (Å²) in [6.45, 7) is 0. The minimum absolute atomic E-state index is 0.0437. The van der Waals surface area contributed by atoms with Crippen LogP contribution in [0.2, 0.25) is 0 Å². The van der Waals surface area contributed by atoms with Gasteiger partial charge < -0.3 is 14.8 Å². The number of aliphatic carboxylic acids is 1. The van der Waals surface area contributed by atoms with Crippen molar-refractivity contribution in [2.45, 2.75) is 22.7 Å². The van der Waals surface area contributed by atoms with Crippen LogP contribution >= 0.6 is 23.5 Å². The van der Waals surface area contributed by atoms with E-state index in [0.29, 0.717) is 22.0 Å². The molecule has 2 N–H and O–H groups in total. The minimum atomic E-state index is -1.18. The Kier molecular flexibility index (Phi) is 6.19. The number of carboxylic acid groups (broad SMARTS) is 1. The van der Waals surface area contributed by atoms with Gasteiger partial charge in [-0.25, -0.2) is 9.59 Å². The molecular formula is C21H18N2O6S2. The van der Waals surface area contributed by atoms with Crippen molar-refractivity contribution in [3.63, 3.8) is 0 Å². The maximum atomic E-state index is 12.7. The number of amides is 2. The van der Waals surface area contributed by atoms with E-state index in [0.717, 1.165) is 5.56 Å². The summed E-state index contributed by atoms with van der Waals surface area (Å²) in [6, 6.07) is 11.4. The summed E-state index contributed by atoms with van der Waals surface area (Å²) in [6.07, 6.45) is 1.43. The van der Waals surface area contributed by atoms with E-state index in [2.05, 4.69) is 9.73 Å². The fraction of sp³-hybridized carbons (Fsp3) is 0.238. The molecule has 0 aliphatic carbocycles. The Morgan fingerprint density at radius 2 is 2.00 bits per heavy atom. The summed E-state index contributed by atoms with van der Waals surface area (Å²) >= 11 is 2.72. The van der Waals surface area contributed by atoms with Gasteiger partial charge in [0.05, 0.1) is 12.7 Å². The third kappa shape index (κ3) is 4.54. The smallest absolute Gasteiger partial charge is 0.352 e. The maximum absolute atomic E-state index is 12.7. The molecule has 2 amide bonds. The molecule has 2 aromatic rings. The fourth-order valence-corrected chi connectivity index (χ4v) is 5.81. The molecule has 1 fully saturated rings. The summed E-state index contributed by atoms with van der Waals surface area (Å²) in [5, 5.41) is 12.0. The van der Waals surface area contributed by atoms with E-state index in [9.17, 15) is 24.3 Å². The zero-order chi connectivity index (χ0) is 22.0. The van der Waals surface area contributed by atoms with Gasteiger partial charge in [0.25, 0.3) is 5.91 Å². The average Bonchev–Trinajstić information content (AvgIpc) is 2.76. The predicted octanol–water partition coefficient (Wildman–Crippen LogP) is 1.71. The summed E-state index contributed by atoms with van der Waals surface area (Å²) in [4.78, 5) is 50.2. The SMILES string of the molecule is O=C(Cc1ccccc1)N[C@@H]1C(=O)N2C(C(=O)O)=C(CSc3ccoc(=O)c3)CS[C@H]12. The van der Waals surface area contributed by atoms with Gasteiger partial charge >= 0.3 is 11.6 Å². The molecule has 10 heteroatoms. The molecule has 1 saturated heterocycles. The topological polar surface area (TPSA) is 117 Å². The number of hydrogen-bond donors (Lipinski definition) is 2. The fourth-order valence-electron chi connectivity index (χ4n) is 3.43. The summed E-state index contributed by atoms with van der Waals surface area (Å²) < 4.78 is 4.69. The first-order valence-electron chi connectivity index (χ1n) is 9.39. The lowest BCUT2D eigenvalue weighted by atomic mass is 10.0. The van der Waals surface area contributed by atoms with Crippen LogP contribution in [-0.4, -0.2) is 50.7 Å². The molecule has 0 spiro atoms. The monoisotopic (exact) mass is 458 g/mol. The Hall–Kier alpha value is -2.98. The second-order valence-electron chi connectivity index (χ2n) is 6.95. The van der Waals surface area contributed by atoms with Gasteiger partial charge in [-0.2, -0.15) is 0 Å². The molecule has 2 atom stereocenters. The van der Waals surface area contributed by atoms with Crippen molar-refractivity contribution in [2.75, 3.05) is 11.5 Å². The first-order chi connectivity index (χ1) is 14.9. The van der Waals surface area contributed by atoms with Gasteiger partial charge in [-0.15, -0.1) is 23.5 Å². The van der Waals surface area contributed by atoms with Gasteiger partial charge in [-0.05, 0) is 17.2 Å². The number of fused-ring (bicyclic) bond motifs is 1. The highest BCUT2D eigenvalue weighted by Crippen LogP contribution is 2.41. The van der Waals surface area contributed by atoms with Crippen LogP contribution in [0.15, 0.2) is 74.1 Å². The van der Waals surface area contributed by atoms with Crippen LogP contribution in [0.5, 0.6) is 0 Å². The molecule has 3 heterocycles. The largest absolute Gasteiger partial charge is 0.477 e. The highest BCUT2D eigenvalue weighted by Gasteiger charge is 2.54. The standard InChI is InChI=1S/C21H18N2O6S2/c24-15(8-12-4-2-1-3-5-12)22-17-19(26)23-18(21(27)28)13(11-31-20(17)23)10-30-14-6-7-29-16(25)9-14/h1-7,9,17,20H,8,10-11H2,(H,22,24)(H,27,28)/t17-,20-/m1/s1. The molecule has 1 aromatic carbocycles. The summed E-state index contributed by atoms with van der Waals surface area (Å²) in [7, 11) is 0. The van der Waals surface area contributed by atoms with Crippen LogP contribution in [0.25, 0.3) is 0 Å². The van der Waals surface area contributed by atoms with E-state index < -0.39 is 28.9 Å². The molecule has 8 nitrogen and oxygen atoms in total. The van der Waals surface area contributed by atoms with Crippen molar-refractivity contribution in [1.29, 1.82) is 0 Å². The van der Waals surface area contributed by atoms with Crippen molar-refractivity contribution in [3.05, 3.63) is 76.0 Å². The first kappa shape index (κ1) is 21.3. The molecule has 0 saturated carbocycles. The molecule has 4 rings (SSSR count). The second-order valence-corrected chi connectivity index (χ2v) is 9.10. The van der Waals surface area contributed by atoms with Crippen molar-refractivity contribution in [3.8, 4) is 0 Å². The third-order valence-corrected chi connectivity index (χ3v) is 7.28. The number of β-lactam (4-membered cyclic amide) rings is 1. The Morgan fingerprint density at radius 1 is 1.23 bits per heavy atom. The van der Waals surface area contributed by atoms with Gasteiger partial charge in [0.2, 0.25) is 5.91 Å². The maximum Gasteiger partial charge on any atom is 0.352 e. The van der Waals surface area contributed by atoms with Crippen LogP contribution < -0.4 is 10.9 Å². The summed E-state index contributed by atoms with van der Waals surface area (Å²) in [5.74, 6) is -1.17. The molecular weight excluding hydrogens is 440 g/mol. The molecule has 1 aromatic heterocycles. The first-order valence-corrected chi connectivity index (χ1v) is 11.4. The number of carbonyl (C=O) groups is 3. The Morgan fingerprint density at radius 3 is 2.71 bits per heavy atom. The highest BCUT2D eigenvalue weighted by molar-refractivity contribution is 8.01. The van der Waals surface area contributed by atoms with Gasteiger partial charge in [0.15, 0.2) is 0 Å². The minimum Gasteiger partial charge on any atom is -0.477 e. The average molecular weight is 459 g/mol. The highest BCUT2D eigenvalue weighted by atomic mass is 32.2. The van der Waals surface area contributed by atoms with Crippen LogP contribution in [0.4, 0.5) is 0 Å². The number of nitrogens with zero attached hydrogens (tertiary/aromatic N) is 1. The molecule has 2 aliphatic heterocycles. The number of rotatable bonds is 7. The molecule has 31 heavy (non-hydrogen) atoms. The third-order valence-electron chi connectivity index (χ3n) is 4.86. The number of benzene rings is 1. The predicted molar refractivity (Wildman–Crippen MR) is 116 cm³/mol. The van der Waals surface area contributed by atoms with E-state index in [1.807, 2.05) is 30.3 Å². The van der Waals surface area contributed by atoms with Gasteiger partial charge in [-0.1, -0.05) is 30.3 Å². The molecule has 0 unspecified atom stereocenters. The normalized spacial score (nSPS) is 20.1. The van der Waals surface area contributed by atoms with E-state index in [1.54, 1.807) is 6.07 Å². The van der Waals surface area contributed by atoms with E-state index in [1.165, 1.54) is 40.8 Å². The van der Waals surface area contributed by atoms with Gasteiger partial charge in [0.1, 0.15) is 17.1 Å². The van der Waals surface area contributed by atoms with E-state index in [4.69, 9.17) is 0 Å². The lowest BCUT2D eigenvalue weighted by Crippen LogP contribution is -2.70. The van der Waals surface area contributed by atoms with E-state index >= 15 is 0 Å². The number of nitrogens with one attached hydrogen (secondary N) is 1. The van der Waals surface area contributed by atoms with Crippen molar-refractivity contribution >= 4 is 41.3 Å². The molecule has 0 bridgehead atoms. The zero-order valence-electron chi connectivity index (χ0n) is 16.1. The van der Waals surface area contributed by atoms with Crippen LogP contribution in [0.1, 0.15) is 5.56 Å². The number of thioether (sulfide) groups is 2.